The van der Waals surface area contributed by atoms with Crippen molar-refractivity contribution in [3.63, 3.8) is 0 Å². The van der Waals surface area contributed by atoms with Crippen molar-refractivity contribution in [2.45, 2.75) is 27.2 Å². The van der Waals surface area contributed by atoms with E-state index >= 15 is 0 Å². The minimum atomic E-state index is -0.498. The zero-order valence-corrected chi connectivity index (χ0v) is 18.2. The van der Waals surface area contributed by atoms with Gasteiger partial charge in [-0.25, -0.2) is 9.82 Å². The number of hydrogen-bond donors (Lipinski definition) is 3. The first-order chi connectivity index (χ1) is 13.2. The van der Waals surface area contributed by atoms with Gasteiger partial charge in [0.05, 0.1) is 0 Å². The fraction of sp³-hybridized carbons (Fsp3) is 0.238. The van der Waals surface area contributed by atoms with Crippen molar-refractivity contribution in [1.29, 1.82) is 0 Å². The highest BCUT2D eigenvalue weighted by Crippen LogP contribution is 2.15. The zero-order valence-electron chi connectivity index (χ0n) is 16.7. The van der Waals surface area contributed by atoms with Crippen LogP contribution in [0.4, 0.5) is 4.39 Å². The second kappa shape index (κ2) is 14.9. The molecule has 4 nitrogen and oxygen atoms in total. The van der Waals surface area contributed by atoms with Crippen molar-refractivity contribution >= 4 is 23.2 Å². The van der Waals surface area contributed by atoms with E-state index in [1.165, 1.54) is 11.6 Å². The molecule has 0 radical (unpaired) electrons. The summed E-state index contributed by atoms with van der Waals surface area (Å²) >= 11 is 11.3. The molecule has 0 atom stereocenters. The number of hydrazine groups is 1. The van der Waals surface area contributed by atoms with Crippen molar-refractivity contribution < 1.29 is 9.23 Å². The predicted octanol–water partition coefficient (Wildman–Crippen LogP) is 5.84. The average Bonchev–Trinajstić information content (AvgIpc) is 2.66. The molecule has 0 saturated carbocycles. The summed E-state index contributed by atoms with van der Waals surface area (Å²) in [6.45, 7) is 9.24. The van der Waals surface area contributed by atoms with Gasteiger partial charge < -0.3 is 10.6 Å². The largest absolute Gasteiger partial charge is 0.399 e. The molecule has 0 aliphatic rings. The highest BCUT2D eigenvalue weighted by atomic mass is 35.5. The normalized spacial score (nSPS) is 13.0. The lowest BCUT2D eigenvalue weighted by molar-refractivity contribution is 0.0852. The van der Waals surface area contributed by atoms with Gasteiger partial charge in [0.15, 0.2) is 0 Å². The van der Waals surface area contributed by atoms with E-state index in [0.717, 1.165) is 5.56 Å². The predicted molar refractivity (Wildman–Crippen MR) is 118 cm³/mol. The Morgan fingerprint density at radius 2 is 1.86 bits per heavy atom. The fourth-order valence-corrected chi connectivity index (χ4v) is 1.87. The van der Waals surface area contributed by atoms with Gasteiger partial charge in [0.2, 0.25) is 0 Å². The van der Waals surface area contributed by atoms with Crippen molar-refractivity contribution in [1.82, 2.24) is 11.0 Å². The third-order valence-electron chi connectivity index (χ3n) is 3.21. The van der Waals surface area contributed by atoms with Crippen LogP contribution in [0.15, 0.2) is 83.0 Å². The van der Waals surface area contributed by atoms with E-state index in [9.17, 15) is 4.39 Å². The molecule has 0 spiro atoms. The Hall–Kier alpha value is -2.05. The fourth-order valence-electron chi connectivity index (χ4n) is 1.65. The summed E-state index contributed by atoms with van der Waals surface area (Å²) < 4.78 is 13.4. The van der Waals surface area contributed by atoms with Crippen LogP contribution in [0.3, 0.4) is 0 Å². The van der Waals surface area contributed by atoms with Crippen LogP contribution < -0.4 is 16.7 Å². The van der Waals surface area contributed by atoms with Crippen molar-refractivity contribution in [3.05, 3.63) is 93.6 Å². The van der Waals surface area contributed by atoms with Gasteiger partial charge in [-0.1, -0.05) is 65.2 Å². The number of nitrogens with two attached hydrogens (primary N) is 1. The molecule has 28 heavy (non-hydrogen) atoms. The average molecular weight is 428 g/mol. The highest BCUT2D eigenvalue weighted by Gasteiger charge is 2.02. The van der Waals surface area contributed by atoms with E-state index in [2.05, 4.69) is 17.6 Å². The molecule has 1 aromatic carbocycles. The molecule has 0 heterocycles. The summed E-state index contributed by atoms with van der Waals surface area (Å²) in [5.41, 5.74) is 12.9. The summed E-state index contributed by atoms with van der Waals surface area (Å²) in [7, 11) is 1.72. The molecule has 0 amide bonds. The molecule has 0 aromatic heterocycles. The Morgan fingerprint density at radius 3 is 2.36 bits per heavy atom. The quantitative estimate of drug-likeness (QED) is 0.277. The van der Waals surface area contributed by atoms with E-state index in [1.54, 1.807) is 44.3 Å². The highest BCUT2D eigenvalue weighted by molar-refractivity contribution is 6.30. The molecule has 1 aromatic rings. The number of nitrogens with one attached hydrogen (secondary N) is 2. The first-order valence-corrected chi connectivity index (χ1v) is 9.26. The number of allylic oxidation sites excluding steroid dienone is 8. The van der Waals surface area contributed by atoms with Gasteiger partial charge in [0.1, 0.15) is 11.6 Å². The zero-order chi connectivity index (χ0) is 21.5. The number of halogens is 3. The Labute approximate surface area is 177 Å². The van der Waals surface area contributed by atoms with Crippen LogP contribution in [0.25, 0.3) is 0 Å². The van der Waals surface area contributed by atoms with Crippen molar-refractivity contribution in [2.75, 3.05) is 7.05 Å². The second-order valence-corrected chi connectivity index (χ2v) is 6.73. The lowest BCUT2D eigenvalue weighted by Gasteiger charge is -2.03. The monoisotopic (exact) mass is 427 g/mol. The van der Waals surface area contributed by atoms with Crippen molar-refractivity contribution in [2.24, 2.45) is 5.73 Å². The van der Waals surface area contributed by atoms with E-state index in [-0.39, 0.29) is 5.70 Å². The molecular formula is C21H28Cl2FN3O. The van der Waals surface area contributed by atoms with Gasteiger partial charge in [0, 0.05) is 29.2 Å². The Morgan fingerprint density at radius 1 is 1.25 bits per heavy atom. The topological polar surface area (TPSA) is 59.3 Å². The van der Waals surface area contributed by atoms with Crippen LogP contribution in [0, 0.1) is 0 Å². The maximum absolute atomic E-state index is 13.4. The minimum Gasteiger partial charge on any atom is -0.399 e. The maximum Gasteiger partial charge on any atom is 0.143 e. The molecule has 7 heteroatoms. The molecule has 0 aliphatic heterocycles. The molecule has 0 bridgehead atoms. The molecule has 1 rings (SSSR count). The van der Waals surface area contributed by atoms with E-state index in [1.807, 2.05) is 26.0 Å². The SMILES string of the molecule is C/C(Cl)=C\C(F)=C(/N)Cc1ccc(Cl)cc1.C=C(/C=C\C(C)=C/C)ONNC. The van der Waals surface area contributed by atoms with Gasteiger partial charge >= 0.3 is 0 Å². The third-order valence-corrected chi connectivity index (χ3v) is 3.57. The summed E-state index contributed by atoms with van der Waals surface area (Å²) in [4.78, 5) is 4.92. The Balaban J connectivity index is 0.000000546. The first kappa shape index (κ1) is 26.0. The van der Waals surface area contributed by atoms with Crippen LogP contribution in [0.5, 0.6) is 0 Å². The molecule has 0 saturated heterocycles. The van der Waals surface area contributed by atoms with Crippen molar-refractivity contribution in [3.8, 4) is 0 Å². The Kier molecular flexibility index (Phi) is 13.8. The summed E-state index contributed by atoms with van der Waals surface area (Å²) in [6.07, 6.45) is 7.27. The lowest BCUT2D eigenvalue weighted by Crippen LogP contribution is -2.26. The van der Waals surface area contributed by atoms with Gasteiger partial charge in [-0.3, -0.25) is 0 Å². The van der Waals surface area contributed by atoms with Gasteiger partial charge in [0.25, 0.3) is 0 Å². The van der Waals surface area contributed by atoms with Gasteiger partial charge in [-0.05, 0) is 50.6 Å². The Bertz CT molecular complexity index is 735. The maximum atomic E-state index is 13.4. The van der Waals surface area contributed by atoms with Crippen LogP contribution in [0.1, 0.15) is 26.3 Å². The van der Waals surface area contributed by atoms with Gasteiger partial charge in [-0.15, -0.1) is 0 Å². The first-order valence-electron chi connectivity index (χ1n) is 8.50. The van der Waals surface area contributed by atoms with Crippen LogP contribution in [-0.2, 0) is 11.3 Å². The number of rotatable bonds is 8. The number of benzene rings is 1. The second-order valence-electron chi connectivity index (χ2n) is 5.69. The molecule has 4 N–H and O–H groups in total. The minimum absolute atomic E-state index is 0.155. The third kappa shape index (κ3) is 13.2. The van der Waals surface area contributed by atoms with Crippen LogP contribution >= 0.6 is 23.2 Å². The van der Waals surface area contributed by atoms with Crippen LogP contribution in [-0.4, -0.2) is 7.05 Å². The number of hydrogen-bond acceptors (Lipinski definition) is 4. The van der Waals surface area contributed by atoms with Gasteiger partial charge in [-0.2, -0.15) is 0 Å². The summed E-state index contributed by atoms with van der Waals surface area (Å²) in [5.74, 6) is 0.0630. The smallest absolute Gasteiger partial charge is 0.143 e. The molecule has 0 fully saturated rings. The van der Waals surface area contributed by atoms with E-state index in [0.29, 0.717) is 22.2 Å². The molecular weight excluding hydrogens is 400 g/mol. The van der Waals surface area contributed by atoms with E-state index in [4.69, 9.17) is 33.8 Å². The molecule has 0 aliphatic carbocycles. The standard InChI is InChI=1S/C12H12Cl2FN.C9H16N2O/c1-8(13)6-11(15)12(16)7-9-2-4-10(14)5-3-9;1-5-8(2)6-7-9(3)12-11-10-4/h2-6H,7,16H2,1H3;5-7,10-11H,3H2,1-2,4H3/b8-6+,12-11+;7-6-,8-5-. The summed E-state index contributed by atoms with van der Waals surface area (Å²) in [6, 6.07) is 7.09. The molecule has 154 valence electrons. The van der Waals surface area contributed by atoms with E-state index < -0.39 is 5.83 Å². The molecule has 0 unspecified atom stereocenters. The summed E-state index contributed by atoms with van der Waals surface area (Å²) in [5, 5.41) is 1.000. The van der Waals surface area contributed by atoms with Crippen LogP contribution in [0.2, 0.25) is 5.02 Å². The lowest BCUT2D eigenvalue weighted by atomic mass is 10.1.